The van der Waals surface area contributed by atoms with Crippen LogP contribution < -0.4 is 4.74 Å². The van der Waals surface area contributed by atoms with Gasteiger partial charge in [0.1, 0.15) is 18.2 Å². The lowest BCUT2D eigenvalue weighted by Crippen LogP contribution is -2.06. The Kier molecular flexibility index (Phi) is 3.78. The van der Waals surface area contributed by atoms with Crippen LogP contribution in [0.1, 0.15) is 18.3 Å². The number of ether oxygens (including phenoxy) is 1. The van der Waals surface area contributed by atoms with Crippen LogP contribution in [0.2, 0.25) is 0 Å². The van der Waals surface area contributed by atoms with E-state index in [9.17, 15) is 13.2 Å². The average Bonchev–Trinajstić information content (AvgIpc) is 2.83. The second-order valence-electron chi connectivity index (χ2n) is 3.94. The van der Waals surface area contributed by atoms with Crippen molar-refractivity contribution in [1.82, 2.24) is 9.55 Å². The van der Waals surface area contributed by atoms with E-state index in [2.05, 4.69) is 4.98 Å². The van der Waals surface area contributed by atoms with Crippen molar-refractivity contribution in [2.45, 2.75) is 26.3 Å². The van der Waals surface area contributed by atoms with Crippen LogP contribution in [0.4, 0.5) is 13.2 Å². The second-order valence-corrected chi connectivity index (χ2v) is 3.94. The Morgan fingerprint density at radius 2 is 1.89 bits per heavy atom. The van der Waals surface area contributed by atoms with E-state index in [4.69, 9.17) is 4.74 Å². The van der Waals surface area contributed by atoms with E-state index >= 15 is 0 Å². The highest BCUT2D eigenvalue weighted by molar-refractivity contribution is 5.28. The minimum atomic E-state index is -4.32. The van der Waals surface area contributed by atoms with Gasteiger partial charge in [-0.25, -0.2) is 4.98 Å². The molecule has 6 heteroatoms. The maximum Gasteiger partial charge on any atom is 0.416 e. The molecule has 0 saturated heterocycles. The van der Waals surface area contributed by atoms with Gasteiger partial charge in [0.15, 0.2) is 0 Å². The third kappa shape index (κ3) is 3.27. The van der Waals surface area contributed by atoms with Crippen LogP contribution in [0.25, 0.3) is 0 Å². The van der Waals surface area contributed by atoms with Gasteiger partial charge in [0.2, 0.25) is 0 Å². The molecule has 0 aliphatic carbocycles. The van der Waals surface area contributed by atoms with Gasteiger partial charge in [-0.15, -0.1) is 0 Å². The van der Waals surface area contributed by atoms with Crippen molar-refractivity contribution in [2.75, 3.05) is 0 Å². The first-order valence-electron chi connectivity index (χ1n) is 5.80. The summed E-state index contributed by atoms with van der Waals surface area (Å²) in [7, 11) is 0. The molecule has 0 N–H and O–H groups in total. The van der Waals surface area contributed by atoms with Crippen LogP contribution in [0, 0.1) is 0 Å². The van der Waals surface area contributed by atoms with Gasteiger partial charge in [-0.3, -0.25) is 0 Å². The highest BCUT2D eigenvalue weighted by Gasteiger charge is 2.29. The molecule has 3 nitrogen and oxygen atoms in total. The smallest absolute Gasteiger partial charge is 0.416 e. The lowest BCUT2D eigenvalue weighted by Gasteiger charge is -2.09. The molecule has 1 aromatic heterocycles. The maximum atomic E-state index is 12.4. The zero-order valence-corrected chi connectivity index (χ0v) is 10.3. The molecule has 102 valence electrons. The predicted molar refractivity (Wildman–Crippen MR) is 63.7 cm³/mol. The molecule has 0 fully saturated rings. The summed E-state index contributed by atoms with van der Waals surface area (Å²) < 4.78 is 44.4. The van der Waals surface area contributed by atoms with E-state index in [-0.39, 0.29) is 6.61 Å². The van der Waals surface area contributed by atoms with Crippen molar-refractivity contribution in [3.8, 4) is 5.75 Å². The van der Waals surface area contributed by atoms with Gasteiger partial charge >= 0.3 is 6.18 Å². The molecule has 0 spiro atoms. The number of aryl methyl sites for hydroxylation is 1. The SMILES string of the molecule is CCn1ccnc1COc1ccc(C(F)(F)F)cc1. The van der Waals surface area contributed by atoms with Crippen molar-refractivity contribution in [1.29, 1.82) is 0 Å². The molecule has 0 radical (unpaired) electrons. The highest BCUT2D eigenvalue weighted by Crippen LogP contribution is 2.30. The first-order chi connectivity index (χ1) is 9.00. The fourth-order valence-corrected chi connectivity index (χ4v) is 1.66. The van der Waals surface area contributed by atoms with Gasteiger partial charge in [0.25, 0.3) is 0 Å². The number of alkyl halides is 3. The summed E-state index contributed by atoms with van der Waals surface area (Å²) in [4.78, 5) is 4.12. The molecule has 0 saturated carbocycles. The monoisotopic (exact) mass is 270 g/mol. The highest BCUT2D eigenvalue weighted by atomic mass is 19.4. The molecule has 0 aliphatic rings. The summed E-state index contributed by atoms with van der Waals surface area (Å²) in [5, 5.41) is 0. The number of aromatic nitrogens is 2. The number of nitrogens with zero attached hydrogens (tertiary/aromatic N) is 2. The topological polar surface area (TPSA) is 27.1 Å². The molecule has 1 heterocycles. The van der Waals surface area contributed by atoms with Crippen molar-refractivity contribution in [3.63, 3.8) is 0 Å². The minimum absolute atomic E-state index is 0.228. The van der Waals surface area contributed by atoms with E-state index in [1.54, 1.807) is 6.20 Å². The van der Waals surface area contributed by atoms with Gasteiger partial charge in [-0.05, 0) is 31.2 Å². The lowest BCUT2D eigenvalue weighted by atomic mass is 10.2. The maximum absolute atomic E-state index is 12.4. The molecule has 2 aromatic rings. The number of hydrogen-bond donors (Lipinski definition) is 0. The van der Waals surface area contributed by atoms with Crippen LogP contribution in [-0.2, 0) is 19.3 Å². The summed E-state index contributed by atoms with van der Waals surface area (Å²) >= 11 is 0. The van der Waals surface area contributed by atoms with Gasteiger partial charge in [0, 0.05) is 18.9 Å². The summed E-state index contributed by atoms with van der Waals surface area (Å²) in [5.74, 6) is 1.13. The van der Waals surface area contributed by atoms with Gasteiger partial charge < -0.3 is 9.30 Å². The van der Waals surface area contributed by atoms with E-state index in [1.807, 2.05) is 17.7 Å². The Morgan fingerprint density at radius 1 is 1.21 bits per heavy atom. The predicted octanol–water partition coefficient (Wildman–Crippen LogP) is 3.50. The number of benzene rings is 1. The average molecular weight is 270 g/mol. The van der Waals surface area contributed by atoms with Gasteiger partial charge in [-0.2, -0.15) is 13.2 Å². The number of hydrogen-bond acceptors (Lipinski definition) is 2. The zero-order chi connectivity index (χ0) is 13.9. The standard InChI is InChI=1S/C13H13F3N2O/c1-2-18-8-7-17-12(18)9-19-11-5-3-10(4-6-11)13(14,15)16/h3-8H,2,9H2,1H3. The molecule has 19 heavy (non-hydrogen) atoms. The Labute approximate surface area is 108 Å². The van der Waals surface area contributed by atoms with Crippen molar-refractivity contribution < 1.29 is 17.9 Å². The van der Waals surface area contributed by atoms with E-state index in [0.717, 1.165) is 24.5 Å². The summed E-state index contributed by atoms with van der Waals surface area (Å²) in [6.45, 7) is 2.97. The normalized spacial score (nSPS) is 11.6. The fourth-order valence-electron chi connectivity index (χ4n) is 1.66. The van der Waals surface area contributed by atoms with E-state index in [0.29, 0.717) is 5.75 Å². The largest absolute Gasteiger partial charge is 0.486 e. The minimum Gasteiger partial charge on any atom is -0.486 e. The molecule has 0 unspecified atom stereocenters. The number of halogens is 3. The summed E-state index contributed by atoms with van der Waals surface area (Å²) in [6, 6.07) is 4.62. The molecular weight excluding hydrogens is 257 g/mol. The molecule has 2 rings (SSSR count). The third-order valence-corrected chi connectivity index (χ3v) is 2.69. The van der Waals surface area contributed by atoms with Crippen molar-refractivity contribution >= 4 is 0 Å². The van der Waals surface area contributed by atoms with Crippen LogP contribution in [0.3, 0.4) is 0 Å². The fraction of sp³-hybridized carbons (Fsp3) is 0.308. The van der Waals surface area contributed by atoms with Crippen LogP contribution in [0.15, 0.2) is 36.7 Å². The Morgan fingerprint density at radius 3 is 2.47 bits per heavy atom. The lowest BCUT2D eigenvalue weighted by molar-refractivity contribution is -0.137. The van der Waals surface area contributed by atoms with Crippen molar-refractivity contribution in [2.24, 2.45) is 0 Å². The Bertz CT molecular complexity index is 532. The van der Waals surface area contributed by atoms with Crippen LogP contribution in [-0.4, -0.2) is 9.55 Å². The first kappa shape index (κ1) is 13.5. The van der Waals surface area contributed by atoms with Gasteiger partial charge in [0.05, 0.1) is 5.56 Å². The molecule has 1 aromatic carbocycles. The van der Waals surface area contributed by atoms with E-state index < -0.39 is 11.7 Å². The van der Waals surface area contributed by atoms with Crippen LogP contribution in [0.5, 0.6) is 5.75 Å². The van der Waals surface area contributed by atoms with Gasteiger partial charge in [-0.1, -0.05) is 0 Å². The molecule has 0 amide bonds. The zero-order valence-electron chi connectivity index (χ0n) is 10.3. The summed E-state index contributed by atoms with van der Waals surface area (Å²) in [6.07, 6.45) is -0.836. The Hall–Kier alpha value is -1.98. The second kappa shape index (κ2) is 5.34. The molecule has 0 bridgehead atoms. The number of imidazole rings is 1. The third-order valence-electron chi connectivity index (χ3n) is 2.69. The van der Waals surface area contributed by atoms with Crippen molar-refractivity contribution in [3.05, 3.63) is 48.0 Å². The summed E-state index contributed by atoms with van der Waals surface area (Å²) in [5.41, 5.74) is -0.685. The molecular formula is C13H13F3N2O. The molecule has 0 aliphatic heterocycles. The quantitative estimate of drug-likeness (QED) is 0.850. The van der Waals surface area contributed by atoms with Crippen LogP contribution >= 0.6 is 0 Å². The Balaban J connectivity index is 2.01. The van der Waals surface area contributed by atoms with E-state index in [1.165, 1.54) is 12.1 Å². The first-order valence-corrected chi connectivity index (χ1v) is 5.80. The number of rotatable bonds is 4. The molecule has 0 atom stereocenters.